The third-order valence-electron chi connectivity index (χ3n) is 4.50. The molecule has 0 atom stereocenters. The first-order valence-electron chi connectivity index (χ1n) is 9.64. The van der Waals surface area contributed by atoms with Crippen molar-refractivity contribution in [1.29, 1.82) is 0 Å². The lowest BCUT2D eigenvalue weighted by atomic mass is 10.0. The van der Waals surface area contributed by atoms with Gasteiger partial charge < -0.3 is 14.8 Å². The van der Waals surface area contributed by atoms with Crippen LogP contribution in [0.4, 0.5) is 19.0 Å². The van der Waals surface area contributed by atoms with E-state index in [0.717, 1.165) is 6.07 Å². The first-order valence-corrected chi connectivity index (χ1v) is 9.64. The average Bonchev–Trinajstić information content (AvgIpc) is 3.22. The number of carbonyl (C=O) groups excluding carboxylic acids is 1. The number of hydrogen-bond acceptors (Lipinski definition) is 7. The summed E-state index contributed by atoms with van der Waals surface area (Å²) in [5.41, 5.74) is -0.597. The van der Waals surface area contributed by atoms with E-state index in [2.05, 4.69) is 25.4 Å². The van der Waals surface area contributed by atoms with Gasteiger partial charge in [-0.25, -0.2) is 14.5 Å². The molecule has 3 heterocycles. The Morgan fingerprint density at radius 1 is 1.09 bits per heavy atom. The molecule has 33 heavy (non-hydrogen) atoms. The van der Waals surface area contributed by atoms with Crippen LogP contribution in [0.2, 0.25) is 0 Å². The highest BCUT2D eigenvalue weighted by atomic mass is 19.4. The molecule has 170 valence electrons. The summed E-state index contributed by atoms with van der Waals surface area (Å²) in [6.45, 7) is 0.570. The predicted molar refractivity (Wildman–Crippen MR) is 111 cm³/mol. The molecule has 0 radical (unpaired) electrons. The summed E-state index contributed by atoms with van der Waals surface area (Å²) < 4.78 is 51.7. The Balaban J connectivity index is 1.63. The number of ether oxygens (including phenoxy) is 2. The maximum absolute atomic E-state index is 13.4. The van der Waals surface area contributed by atoms with E-state index in [1.807, 2.05) is 0 Å². The lowest BCUT2D eigenvalue weighted by Crippen LogP contribution is -2.17. The van der Waals surface area contributed by atoms with Gasteiger partial charge in [0.1, 0.15) is 12.4 Å². The van der Waals surface area contributed by atoms with Gasteiger partial charge in [0.15, 0.2) is 11.3 Å². The van der Waals surface area contributed by atoms with Crippen LogP contribution >= 0.6 is 0 Å². The van der Waals surface area contributed by atoms with Crippen LogP contribution in [0.15, 0.2) is 54.9 Å². The molecule has 0 unspecified atom stereocenters. The minimum atomic E-state index is -4.56. The minimum absolute atomic E-state index is 0.0109. The second-order valence-electron chi connectivity index (χ2n) is 6.70. The molecule has 0 bridgehead atoms. The van der Waals surface area contributed by atoms with E-state index >= 15 is 0 Å². The zero-order chi connectivity index (χ0) is 23.4. The number of alkyl halides is 3. The average molecular weight is 458 g/mol. The normalized spacial score (nSPS) is 11.5. The molecule has 0 aliphatic carbocycles. The Labute approximate surface area is 185 Å². The van der Waals surface area contributed by atoms with Gasteiger partial charge in [-0.2, -0.15) is 23.3 Å². The quantitative estimate of drug-likeness (QED) is 0.423. The van der Waals surface area contributed by atoms with Crippen LogP contribution in [-0.2, 0) is 10.9 Å². The van der Waals surface area contributed by atoms with Crippen LogP contribution in [-0.4, -0.2) is 50.8 Å². The number of nitrogens with zero attached hydrogens (tertiary/aromatic N) is 5. The fraction of sp³-hybridized carbons (Fsp3) is 0.190. The number of amides is 1. The van der Waals surface area contributed by atoms with E-state index in [9.17, 15) is 18.0 Å². The molecule has 0 aliphatic rings. The third-order valence-corrected chi connectivity index (χ3v) is 4.50. The lowest BCUT2D eigenvalue weighted by Gasteiger charge is -2.12. The molecule has 0 saturated heterocycles. The molecule has 0 spiro atoms. The Morgan fingerprint density at radius 3 is 2.70 bits per heavy atom. The van der Waals surface area contributed by atoms with Gasteiger partial charge in [0.25, 0.3) is 5.91 Å². The molecule has 3 aromatic heterocycles. The summed E-state index contributed by atoms with van der Waals surface area (Å²) in [6, 6.07) is 9.50. The molecule has 12 heteroatoms. The highest BCUT2D eigenvalue weighted by Crippen LogP contribution is 2.36. The van der Waals surface area contributed by atoms with Crippen LogP contribution in [0.3, 0.4) is 0 Å². The zero-order valence-electron chi connectivity index (χ0n) is 17.2. The number of anilines is 1. The summed E-state index contributed by atoms with van der Waals surface area (Å²) in [7, 11) is 1.53. The van der Waals surface area contributed by atoms with E-state index in [0.29, 0.717) is 12.3 Å². The standard InChI is InChI=1S/C21H17F3N6O3/c1-32-10-11-33-20-25-9-8-17(28-20)27-19(31)16-12-26-18-7-6-15(29-30(16)18)13-4-2-3-5-14(13)21(22,23)24/h2-9,12H,10-11H2,1H3,(H,25,27,28,31). The van der Waals surface area contributed by atoms with Gasteiger partial charge in [-0.05, 0) is 24.3 Å². The number of rotatable bonds is 7. The van der Waals surface area contributed by atoms with Crippen molar-refractivity contribution >= 4 is 17.4 Å². The van der Waals surface area contributed by atoms with Crippen molar-refractivity contribution in [2.24, 2.45) is 0 Å². The van der Waals surface area contributed by atoms with Crippen LogP contribution < -0.4 is 10.1 Å². The molecule has 1 amide bonds. The molecule has 4 aromatic rings. The number of fused-ring (bicyclic) bond motifs is 1. The lowest BCUT2D eigenvalue weighted by molar-refractivity contribution is -0.137. The van der Waals surface area contributed by atoms with Crippen molar-refractivity contribution < 1.29 is 27.4 Å². The monoisotopic (exact) mass is 458 g/mol. The molecule has 1 N–H and O–H groups in total. The fourth-order valence-electron chi connectivity index (χ4n) is 3.00. The Kier molecular flexibility index (Phi) is 6.18. The first-order chi connectivity index (χ1) is 15.9. The number of aromatic nitrogens is 5. The summed E-state index contributed by atoms with van der Waals surface area (Å²) in [4.78, 5) is 24.9. The van der Waals surface area contributed by atoms with E-state index in [4.69, 9.17) is 9.47 Å². The van der Waals surface area contributed by atoms with Crippen LogP contribution in [0.1, 0.15) is 16.1 Å². The summed E-state index contributed by atoms with van der Waals surface area (Å²) in [5.74, 6) is -0.450. The summed E-state index contributed by atoms with van der Waals surface area (Å²) >= 11 is 0. The second kappa shape index (κ2) is 9.20. The smallest absolute Gasteiger partial charge is 0.417 e. The molecular formula is C21H17F3N6O3. The molecule has 4 rings (SSSR count). The number of carbonyl (C=O) groups is 1. The van der Waals surface area contributed by atoms with Crippen LogP contribution in [0, 0.1) is 0 Å². The topological polar surface area (TPSA) is 104 Å². The van der Waals surface area contributed by atoms with Crippen molar-refractivity contribution in [2.75, 3.05) is 25.6 Å². The number of hydrogen-bond donors (Lipinski definition) is 1. The van der Waals surface area contributed by atoms with Crippen LogP contribution in [0.5, 0.6) is 6.01 Å². The van der Waals surface area contributed by atoms with E-state index < -0.39 is 17.6 Å². The van der Waals surface area contributed by atoms with Gasteiger partial charge in [0.05, 0.1) is 24.1 Å². The molecule has 0 fully saturated rings. The molecule has 9 nitrogen and oxygen atoms in total. The van der Waals surface area contributed by atoms with Gasteiger partial charge in [-0.1, -0.05) is 18.2 Å². The van der Waals surface area contributed by atoms with Gasteiger partial charge >= 0.3 is 12.2 Å². The molecule has 1 aromatic carbocycles. The van der Waals surface area contributed by atoms with Crippen molar-refractivity contribution in [3.05, 3.63) is 66.1 Å². The highest BCUT2D eigenvalue weighted by molar-refractivity contribution is 6.02. The van der Waals surface area contributed by atoms with Crippen LogP contribution in [0.25, 0.3) is 16.9 Å². The largest absolute Gasteiger partial charge is 0.461 e. The fourth-order valence-corrected chi connectivity index (χ4v) is 3.00. The van der Waals surface area contributed by atoms with Crippen molar-refractivity contribution in [2.45, 2.75) is 6.18 Å². The molecular weight excluding hydrogens is 441 g/mol. The Bertz CT molecular complexity index is 1290. The van der Waals surface area contributed by atoms with Gasteiger partial charge in [-0.15, -0.1) is 0 Å². The summed E-state index contributed by atoms with van der Waals surface area (Å²) in [5, 5.41) is 6.81. The van der Waals surface area contributed by atoms with Gasteiger partial charge in [0.2, 0.25) is 0 Å². The molecule has 0 saturated carbocycles. The highest BCUT2D eigenvalue weighted by Gasteiger charge is 2.33. The third kappa shape index (κ3) is 4.90. The van der Waals surface area contributed by atoms with Crippen molar-refractivity contribution in [1.82, 2.24) is 24.6 Å². The van der Waals surface area contributed by atoms with Gasteiger partial charge in [-0.3, -0.25) is 4.79 Å². The van der Waals surface area contributed by atoms with E-state index in [1.165, 1.54) is 60.4 Å². The van der Waals surface area contributed by atoms with E-state index in [1.54, 1.807) is 0 Å². The van der Waals surface area contributed by atoms with Gasteiger partial charge in [0, 0.05) is 18.9 Å². The maximum atomic E-state index is 13.4. The zero-order valence-corrected chi connectivity index (χ0v) is 17.2. The number of methoxy groups -OCH3 is 1. The number of benzene rings is 1. The Hall–Kier alpha value is -4.06. The summed E-state index contributed by atoms with van der Waals surface area (Å²) in [6.07, 6.45) is -1.88. The second-order valence-corrected chi connectivity index (χ2v) is 6.70. The molecule has 0 aliphatic heterocycles. The van der Waals surface area contributed by atoms with Crippen molar-refractivity contribution in [3.63, 3.8) is 0 Å². The SMILES string of the molecule is COCCOc1nccc(NC(=O)c2cnc3ccc(-c4ccccc4C(F)(F)F)nn23)n1. The van der Waals surface area contributed by atoms with Crippen molar-refractivity contribution in [3.8, 4) is 17.3 Å². The number of halogens is 3. The Morgan fingerprint density at radius 2 is 1.91 bits per heavy atom. The number of nitrogens with one attached hydrogen (secondary N) is 1. The minimum Gasteiger partial charge on any atom is -0.461 e. The predicted octanol–water partition coefficient (Wildman–Crippen LogP) is 3.48. The number of imidazole rings is 1. The van der Waals surface area contributed by atoms with E-state index in [-0.39, 0.29) is 35.4 Å². The first kappa shape index (κ1) is 22.1. The maximum Gasteiger partial charge on any atom is 0.417 e.